The lowest BCUT2D eigenvalue weighted by Crippen LogP contribution is -2.07. The molecular formula is C13H16. The van der Waals surface area contributed by atoms with Crippen molar-refractivity contribution >= 4 is 0 Å². The topological polar surface area (TPSA) is 0 Å². The standard InChI is InChI=1S/C13H16/c1-2-4-10(3-1)7-13-9-11-5-6-12(13)8-11/h1-3,5-6,11-13H,4,7-9H2. The van der Waals surface area contributed by atoms with Crippen molar-refractivity contribution in [3.05, 3.63) is 36.0 Å². The Balaban J connectivity index is 1.65. The summed E-state index contributed by atoms with van der Waals surface area (Å²) in [5, 5.41) is 0. The number of hydrogen-bond acceptors (Lipinski definition) is 0. The van der Waals surface area contributed by atoms with Gasteiger partial charge in [0.25, 0.3) is 0 Å². The molecule has 0 nitrogen and oxygen atoms in total. The van der Waals surface area contributed by atoms with Gasteiger partial charge in [-0.25, -0.2) is 0 Å². The maximum absolute atomic E-state index is 2.46. The van der Waals surface area contributed by atoms with Crippen LogP contribution in [0.5, 0.6) is 0 Å². The third-order valence-corrected chi connectivity index (χ3v) is 3.79. The third kappa shape index (κ3) is 1.29. The third-order valence-electron chi connectivity index (χ3n) is 3.79. The molecule has 0 N–H and O–H groups in total. The van der Waals surface area contributed by atoms with E-state index < -0.39 is 0 Å². The Labute approximate surface area is 80.0 Å². The Bertz CT molecular complexity index is 293. The molecule has 3 rings (SSSR count). The van der Waals surface area contributed by atoms with Crippen LogP contribution in [0.1, 0.15) is 25.7 Å². The Hall–Kier alpha value is -0.780. The fraction of sp³-hybridized carbons (Fsp3) is 0.538. The van der Waals surface area contributed by atoms with E-state index in [2.05, 4.69) is 30.4 Å². The summed E-state index contributed by atoms with van der Waals surface area (Å²) in [6.07, 6.45) is 17.2. The van der Waals surface area contributed by atoms with Gasteiger partial charge < -0.3 is 0 Å². The first-order valence-electron chi connectivity index (χ1n) is 5.45. The highest BCUT2D eigenvalue weighted by Crippen LogP contribution is 2.46. The van der Waals surface area contributed by atoms with Crippen LogP contribution in [0.15, 0.2) is 36.0 Å². The fourth-order valence-corrected chi connectivity index (χ4v) is 3.11. The minimum absolute atomic E-state index is 0.923. The molecule has 0 aromatic carbocycles. The summed E-state index contributed by atoms with van der Waals surface area (Å²) in [7, 11) is 0. The van der Waals surface area contributed by atoms with Crippen LogP contribution in [0.25, 0.3) is 0 Å². The second kappa shape index (κ2) is 2.87. The summed E-state index contributed by atoms with van der Waals surface area (Å²) in [5.41, 5.74) is 1.66. The summed E-state index contributed by atoms with van der Waals surface area (Å²) >= 11 is 0. The van der Waals surface area contributed by atoms with Gasteiger partial charge in [0.05, 0.1) is 0 Å². The Kier molecular flexibility index (Phi) is 1.68. The average Bonchev–Trinajstić information content (AvgIpc) is 2.77. The molecule has 0 saturated heterocycles. The van der Waals surface area contributed by atoms with Crippen LogP contribution < -0.4 is 0 Å². The van der Waals surface area contributed by atoms with Crippen LogP contribution in [0, 0.1) is 17.8 Å². The van der Waals surface area contributed by atoms with Crippen molar-refractivity contribution in [1.29, 1.82) is 0 Å². The van der Waals surface area contributed by atoms with Gasteiger partial charge in [-0.2, -0.15) is 0 Å². The van der Waals surface area contributed by atoms with Gasteiger partial charge in [0, 0.05) is 0 Å². The van der Waals surface area contributed by atoms with E-state index in [1.807, 2.05) is 0 Å². The molecule has 0 aromatic rings. The molecule has 3 atom stereocenters. The van der Waals surface area contributed by atoms with Gasteiger partial charge in [0.1, 0.15) is 0 Å². The lowest BCUT2D eigenvalue weighted by molar-refractivity contribution is 0.442. The minimum Gasteiger partial charge on any atom is -0.0851 e. The first kappa shape index (κ1) is 7.61. The molecule has 0 heterocycles. The minimum atomic E-state index is 0.923. The molecule has 1 fully saturated rings. The largest absolute Gasteiger partial charge is 0.0851 e. The smallest absolute Gasteiger partial charge is 0.0132 e. The molecule has 3 aliphatic rings. The van der Waals surface area contributed by atoms with E-state index >= 15 is 0 Å². The zero-order chi connectivity index (χ0) is 8.67. The van der Waals surface area contributed by atoms with Gasteiger partial charge in [-0.3, -0.25) is 0 Å². The van der Waals surface area contributed by atoms with E-state index in [9.17, 15) is 0 Å². The summed E-state index contributed by atoms with van der Waals surface area (Å²) in [6, 6.07) is 0. The van der Waals surface area contributed by atoms with Gasteiger partial charge >= 0.3 is 0 Å². The monoisotopic (exact) mass is 172 g/mol. The molecule has 0 radical (unpaired) electrons. The van der Waals surface area contributed by atoms with Crippen molar-refractivity contribution in [2.24, 2.45) is 17.8 Å². The van der Waals surface area contributed by atoms with Crippen LogP contribution in [0.4, 0.5) is 0 Å². The summed E-state index contributed by atoms with van der Waals surface area (Å²) in [6.45, 7) is 0. The Morgan fingerprint density at radius 2 is 2.23 bits per heavy atom. The molecule has 0 aromatic heterocycles. The maximum Gasteiger partial charge on any atom is -0.0132 e. The van der Waals surface area contributed by atoms with Crippen molar-refractivity contribution in [3.8, 4) is 0 Å². The molecule has 0 spiro atoms. The van der Waals surface area contributed by atoms with Crippen LogP contribution in [0.3, 0.4) is 0 Å². The predicted molar refractivity (Wildman–Crippen MR) is 55.3 cm³/mol. The van der Waals surface area contributed by atoms with Crippen LogP contribution in [-0.4, -0.2) is 0 Å². The quantitative estimate of drug-likeness (QED) is 0.559. The van der Waals surface area contributed by atoms with Crippen molar-refractivity contribution in [3.63, 3.8) is 0 Å². The van der Waals surface area contributed by atoms with Crippen molar-refractivity contribution in [2.45, 2.75) is 25.7 Å². The molecule has 1 saturated carbocycles. The van der Waals surface area contributed by atoms with Crippen molar-refractivity contribution < 1.29 is 0 Å². The Morgan fingerprint density at radius 3 is 2.85 bits per heavy atom. The number of hydrogen-bond donors (Lipinski definition) is 0. The summed E-state index contributed by atoms with van der Waals surface area (Å²) in [5.74, 6) is 2.83. The molecule has 3 unspecified atom stereocenters. The molecule has 0 aliphatic heterocycles. The molecule has 13 heavy (non-hydrogen) atoms. The van der Waals surface area contributed by atoms with Gasteiger partial charge in [0.15, 0.2) is 0 Å². The predicted octanol–water partition coefficient (Wildman–Crippen LogP) is 3.48. The van der Waals surface area contributed by atoms with E-state index in [-0.39, 0.29) is 0 Å². The summed E-state index contributed by atoms with van der Waals surface area (Å²) < 4.78 is 0. The lowest BCUT2D eigenvalue weighted by Gasteiger charge is -2.18. The molecule has 0 heteroatoms. The fourth-order valence-electron chi connectivity index (χ4n) is 3.11. The van der Waals surface area contributed by atoms with Gasteiger partial charge in [-0.05, 0) is 43.4 Å². The normalized spacial score (nSPS) is 40.3. The van der Waals surface area contributed by atoms with Crippen LogP contribution in [-0.2, 0) is 0 Å². The van der Waals surface area contributed by atoms with Crippen molar-refractivity contribution in [1.82, 2.24) is 0 Å². The Morgan fingerprint density at radius 1 is 1.23 bits per heavy atom. The highest BCUT2D eigenvalue weighted by Gasteiger charge is 2.35. The number of rotatable bonds is 2. The second-order valence-electron chi connectivity index (χ2n) is 4.70. The number of fused-ring (bicyclic) bond motifs is 2. The lowest BCUT2D eigenvalue weighted by atomic mass is 9.87. The van der Waals surface area contributed by atoms with Gasteiger partial charge in [-0.1, -0.05) is 36.0 Å². The molecular weight excluding hydrogens is 156 g/mol. The zero-order valence-electron chi connectivity index (χ0n) is 7.95. The van der Waals surface area contributed by atoms with E-state index in [0.717, 1.165) is 17.8 Å². The van der Waals surface area contributed by atoms with E-state index in [4.69, 9.17) is 0 Å². The maximum atomic E-state index is 2.46. The van der Waals surface area contributed by atoms with Crippen molar-refractivity contribution in [2.75, 3.05) is 0 Å². The van der Waals surface area contributed by atoms with Crippen LogP contribution in [0.2, 0.25) is 0 Å². The first-order chi connectivity index (χ1) is 6.42. The van der Waals surface area contributed by atoms with E-state index in [0.29, 0.717) is 0 Å². The molecule has 2 bridgehead atoms. The molecule has 0 amide bonds. The average molecular weight is 172 g/mol. The SMILES string of the molecule is C1=CCC(CC2CC3C=CC2C3)=C1. The van der Waals surface area contributed by atoms with E-state index in [1.165, 1.54) is 25.7 Å². The highest BCUT2D eigenvalue weighted by atomic mass is 14.4. The van der Waals surface area contributed by atoms with Gasteiger partial charge in [-0.15, -0.1) is 0 Å². The van der Waals surface area contributed by atoms with Gasteiger partial charge in [0.2, 0.25) is 0 Å². The van der Waals surface area contributed by atoms with Crippen LogP contribution >= 0.6 is 0 Å². The molecule has 68 valence electrons. The first-order valence-corrected chi connectivity index (χ1v) is 5.45. The molecule has 3 aliphatic carbocycles. The zero-order valence-corrected chi connectivity index (χ0v) is 7.95. The second-order valence-corrected chi connectivity index (χ2v) is 4.70. The number of allylic oxidation sites excluding steroid dienone is 6. The van der Waals surface area contributed by atoms with E-state index in [1.54, 1.807) is 5.57 Å². The summed E-state index contributed by atoms with van der Waals surface area (Å²) in [4.78, 5) is 0. The highest BCUT2D eigenvalue weighted by molar-refractivity contribution is 5.24.